The number of benzene rings is 1. The topological polar surface area (TPSA) is 42.9 Å². The van der Waals surface area contributed by atoms with Crippen molar-refractivity contribution in [3.8, 4) is 0 Å². The van der Waals surface area contributed by atoms with Crippen molar-refractivity contribution in [3.63, 3.8) is 0 Å². The van der Waals surface area contributed by atoms with Crippen LogP contribution in [0.4, 0.5) is 0 Å². The van der Waals surface area contributed by atoms with Crippen LogP contribution in [0.5, 0.6) is 0 Å². The summed E-state index contributed by atoms with van der Waals surface area (Å²) in [4.78, 5) is 9.89. The summed E-state index contributed by atoms with van der Waals surface area (Å²) in [5.41, 5.74) is 1.41. The number of nitrogens with zero attached hydrogens (tertiary/aromatic N) is 3. The summed E-state index contributed by atoms with van der Waals surface area (Å²) >= 11 is 0. The van der Waals surface area contributed by atoms with Gasteiger partial charge in [-0.05, 0) is 64.2 Å². The van der Waals surface area contributed by atoms with Gasteiger partial charge in [-0.25, -0.2) is 0 Å². The normalized spacial score (nSPS) is 20.6. The van der Waals surface area contributed by atoms with Crippen LogP contribution in [0.1, 0.15) is 38.2 Å². The highest BCUT2D eigenvalue weighted by Crippen LogP contribution is 2.16. The molecule has 0 atom stereocenters. The molecule has 0 aliphatic carbocycles. The number of aliphatic imine (C=N–C) groups is 1. The van der Waals surface area contributed by atoms with Crippen LogP contribution in [0, 0.1) is 5.92 Å². The molecule has 158 valence electrons. The first-order valence-corrected chi connectivity index (χ1v) is 10.7. The Labute approximate surface area is 188 Å². The minimum atomic E-state index is 0. The molecule has 1 aromatic carbocycles. The third-order valence-corrected chi connectivity index (χ3v) is 5.87. The molecule has 0 unspecified atom stereocenters. The summed E-state index contributed by atoms with van der Waals surface area (Å²) in [7, 11) is 2.22. The van der Waals surface area contributed by atoms with Crippen molar-refractivity contribution in [1.29, 1.82) is 0 Å². The lowest BCUT2D eigenvalue weighted by molar-refractivity contribution is 0.198. The van der Waals surface area contributed by atoms with E-state index >= 15 is 0 Å². The Morgan fingerprint density at radius 1 is 1.04 bits per heavy atom. The number of hydrogen-bond donors (Lipinski definition) is 2. The van der Waals surface area contributed by atoms with Gasteiger partial charge in [-0.2, -0.15) is 0 Å². The van der Waals surface area contributed by atoms with Crippen molar-refractivity contribution < 1.29 is 0 Å². The summed E-state index contributed by atoms with van der Waals surface area (Å²) in [5, 5.41) is 7.14. The number of guanidine groups is 1. The minimum absolute atomic E-state index is 0. The van der Waals surface area contributed by atoms with Gasteiger partial charge in [-0.15, -0.1) is 24.0 Å². The molecule has 0 bridgehead atoms. The van der Waals surface area contributed by atoms with Crippen LogP contribution < -0.4 is 10.6 Å². The molecule has 28 heavy (non-hydrogen) atoms. The highest BCUT2D eigenvalue weighted by molar-refractivity contribution is 14.0. The molecule has 0 amide bonds. The molecule has 0 spiro atoms. The molecule has 5 nitrogen and oxygen atoms in total. The molecule has 2 aliphatic heterocycles. The van der Waals surface area contributed by atoms with Crippen molar-refractivity contribution in [3.05, 3.63) is 35.9 Å². The second-order valence-corrected chi connectivity index (χ2v) is 8.15. The number of piperidine rings is 2. The van der Waals surface area contributed by atoms with Crippen molar-refractivity contribution in [2.75, 3.05) is 46.3 Å². The van der Waals surface area contributed by atoms with Crippen molar-refractivity contribution >= 4 is 29.9 Å². The van der Waals surface area contributed by atoms with Crippen molar-refractivity contribution in [1.82, 2.24) is 20.4 Å². The molecule has 1 aromatic rings. The number of hydrogen-bond acceptors (Lipinski definition) is 3. The van der Waals surface area contributed by atoms with E-state index in [0.29, 0.717) is 6.04 Å². The summed E-state index contributed by atoms with van der Waals surface area (Å²) in [5.74, 6) is 1.75. The van der Waals surface area contributed by atoms with Crippen LogP contribution in [0.15, 0.2) is 35.3 Å². The third-order valence-electron chi connectivity index (χ3n) is 5.87. The van der Waals surface area contributed by atoms with Gasteiger partial charge in [0.1, 0.15) is 0 Å². The first-order valence-electron chi connectivity index (χ1n) is 10.7. The predicted molar refractivity (Wildman–Crippen MR) is 129 cm³/mol. The van der Waals surface area contributed by atoms with Gasteiger partial charge in [0, 0.05) is 38.8 Å². The molecule has 2 heterocycles. The zero-order chi connectivity index (χ0) is 18.9. The van der Waals surface area contributed by atoms with Gasteiger partial charge in [-0.1, -0.05) is 30.3 Å². The summed E-state index contributed by atoms with van der Waals surface area (Å²) in [6.07, 6.45) is 4.92. The largest absolute Gasteiger partial charge is 0.357 e. The average molecular weight is 499 g/mol. The molecule has 2 saturated heterocycles. The maximum Gasteiger partial charge on any atom is 0.191 e. The Kier molecular flexibility index (Phi) is 10.6. The lowest BCUT2D eigenvalue weighted by Gasteiger charge is -2.33. The third kappa shape index (κ3) is 7.87. The van der Waals surface area contributed by atoms with Crippen molar-refractivity contribution in [2.45, 2.75) is 45.2 Å². The lowest BCUT2D eigenvalue weighted by Crippen LogP contribution is -2.48. The summed E-state index contributed by atoms with van der Waals surface area (Å²) in [6, 6.07) is 11.3. The van der Waals surface area contributed by atoms with Gasteiger partial charge >= 0.3 is 0 Å². The maximum absolute atomic E-state index is 4.91. The van der Waals surface area contributed by atoms with Crippen LogP contribution in [-0.4, -0.2) is 68.1 Å². The standard InChI is InChI=1S/C22H37N5.HI/c1-3-23-22(24-17-19-9-13-26(2)14-10-19)25-21-11-15-27(16-12-21)18-20-7-5-4-6-8-20;/h4-8,19,21H,3,9-18H2,1-2H3,(H2,23,24,25);1H. The van der Waals surface area contributed by atoms with Gasteiger partial charge in [-0.3, -0.25) is 9.89 Å². The zero-order valence-corrected chi connectivity index (χ0v) is 19.9. The van der Waals surface area contributed by atoms with Crippen LogP contribution in [-0.2, 0) is 6.54 Å². The molecule has 2 N–H and O–H groups in total. The Balaban J connectivity index is 0.00000280. The predicted octanol–water partition coefficient (Wildman–Crippen LogP) is 3.17. The number of rotatable bonds is 6. The van der Waals surface area contributed by atoms with E-state index in [2.05, 4.69) is 64.7 Å². The quantitative estimate of drug-likeness (QED) is 0.359. The fraction of sp³-hybridized carbons (Fsp3) is 0.682. The van der Waals surface area contributed by atoms with Gasteiger partial charge in [0.2, 0.25) is 0 Å². The van der Waals surface area contributed by atoms with E-state index in [1.165, 1.54) is 44.3 Å². The van der Waals surface area contributed by atoms with Crippen LogP contribution >= 0.6 is 24.0 Å². The molecule has 0 saturated carbocycles. The Morgan fingerprint density at radius 2 is 1.71 bits per heavy atom. The SMILES string of the molecule is CCNC(=NCC1CCN(C)CC1)NC1CCN(Cc2ccccc2)CC1.I. The highest BCUT2D eigenvalue weighted by Gasteiger charge is 2.21. The smallest absolute Gasteiger partial charge is 0.191 e. The van der Waals surface area contributed by atoms with Crippen LogP contribution in [0.2, 0.25) is 0 Å². The Morgan fingerprint density at radius 3 is 2.36 bits per heavy atom. The number of halogens is 1. The fourth-order valence-electron chi connectivity index (χ4n) is 4.06. The van der Waals surface area contributed by atoms with Gasteiger partial charge in [0.25, 0.3) is 0 Å². The minimum Gasteiger partial charge on any atom is -0.357 e. The van der Waals surface area contributed by atoms with E-state index in [9.17, 15) is 0 Å². The average Bonchev–Trinajstić information content (AvgIpc) is 2.70. The number of likely N-dealkylation sites (tertiary alicyclic amines) is 2. The van der Waals surface area contributed by atoms with Crippen LogP contribution in [0.25, 0.3) is 0 Å². The Bertz CT molecular complexity index is 564. The molecule has 6 heteroatoms. The first-order chi connectivity index (χ1) is 13.2. The molecule has 3 rings (SSSR count). The van der Waals surface area contributed by atoms with E-state index < -0.39 is 0 Å². The second kappa shape index (κ2) is 12.6. The number of nitrogens with one attached hydrogen (secondary N) is 2. The van der Waals surface area contributed by atoms with Gasteiger partial charge in [0.05, 0.1) is 0 Å². The van der Waals surface area contributed by atoms with Crippen LogP contribution in [0.3, 0.4) is 0 Å². The monoisotopic (exact) mass is 499 g/mol. The van der Waals surface area contributed by atoms with E-state index in [0.717, 1.165) is 44.6 Å². The molecule has 2 fully saturated rings. The highest BCUT2D eigenvalue weighted by atomic mass is 127. The van der Waals surface area contributed by atoms with E-state index in [4.69, 9.17) is 4.99 Å². The summed E-state index contributed by atoms with van der Waals surface area (Å²) in [6.45, 7) is 9.82. The van der Waals surface area contributed by atoms with Gasteiger partial charge < -0.3 is 15.5 Å². The van der Waals surface area contributed by atoms with E-state index in [-0.39, 0.29) is 24.0 Å². The van der Waals surface area contributed by atoms with Crippen molar-refractivity contribution in [2.24, 2.45) is 10.9 Å². The van der Waals surface area contributed by atoms with E-state index in [1.54, 1.807) is 0 Å². The molecular formula is C22H38IN5. The molecular weight excluding hydrogens is 461 g/mol. The zero-order valence-electron chi connectivity index (χ0n) is 17.6. The maximum atomic E-state index is 4.91. The Hall–Kier alpha value is -0.860. The lowest BCUT2D eigenvalue weighted by atomic mass is 9.97. The fourth-order valence-corrected chi connectivity index (χ4v) is 4.06. The first kappa shape index (κ1) is 23.4. The molecule has 0 aromatic heterocycles. The van der Waals surface area contributed by atoms with Gasteiger partial charge in [0.15, 0.2) is 5.96 Å². The second-order valence-electron chi connectivity index (χ2n) is 8.15. The molecule has 2 aliphatic rings. The van der Waals surface area contributed by atoms with E-state index in [1.807, 2.05) is 0 Å². The summed E-state index contributed by atoms with van der Waals surface area (Å²) < 4.78 is 0. The molecule has 0 radical (unpaired) electrons.